The summed E-state index contributed by atoms with van der Waals surface area (Å²) in [7, 11) is 0. The molecule has 0 unspecified atom stereocenters. The highest BCUT2D eigenvalue weighted by molar-refractivity contribution is 6.05. The Balaban J connectivity index is 1.69. The second-order valence-electron chi connectivity index (χ2n) is 10.8. The number of carbonyl (C=O) groups is 3. The first kappa shape index (κ1) is 22.3. The molecule has 0 aromatic rings. The number of Topliss-reactive ketones (excluding diaryl/α,β-unsaturated/α-hetero) is 1. The monoisotopic (exact) mass is 428 g/mol. The molecule has 31 heavy (non-hydrogen) atoms. The minimum absolute atomic E-state index is 0.0973. The number of hydrogen-bond acceptors (Lipinski definition) is 5. The van der Waals surface area contributed by atoms with Gasteiger partial charge in [-0.25, -0.2) is 0 Å². The van der Waals surface area contributed by atoms with Crippen LogP contribution < -0.4 is 0 Å². The van der Waals surface area contributed by atoms with Crippen LogP contribution >= 0.6 is 0 Å². The fourth-order valence-electron chi connectivity index (χ4n) is 8.08. The van der Waals surface area contributed by atoms with Crippen LogP contribution in [0.15, 0.2) is 24.8 Å². The largest absolute Gasteiger partial charge is 0.461 e. The zero-order valence-corrected chi connectivity index (χ0v) is 19.3. The fraction of sp³-hybridized carbons (Fsp3) is 0.731. The van der Waals surface area contributed by atoms with Crippen molar-refractivity contribution < 1.29 is 23.9 Å². The molecule has 4 saturated carbocycles. The Morgan fingerprint density at radius 3 is 2.52 bits per heavy atom. The SMILES string of the molecule is C=CCOC(=O)[C@]1(C)CCC[C@@]2(C)[C@@H]3CC[C@]4(OC(=O)CC)C[C@@]3(CC[C@@H]21)C(=O)C4=C. The van der Waals surface area contributed by atoms with Crippen LogP contribution in [0.1, 0.15) is 78.6 Å². The van der Waals surface area contributed by atoms with Crippen molar-refractivity contribution in [1.29, 1.82) is 0 Å². The van der Waals surface area contributed by atoms with E-state index < -0.39 is 16.4 Å². The van der Waals surface area contributed by atoms with E-state index in [4.69, 9.17) is 9.47 Å². The van der Waals surface area contributed by atoms with Gasteiger partial charge in [-0.05, 0) is 62.7 Å². The van der Waals surface area contributed by atoms with Crippen molar-refractivity contribution >= 4 is 17.7 Å². The molecule has 0 aromatic carbocycles. The van der Waals surface area contributed by atoms with E-state index in [2.05, 4.69) is 27.0 Å². The molecule has 0 saturated heterocycles. The molecule has 0 aliphatic heterocycles. The van der Waals surface area contributed by atoms with Gasteiger partial charge in [0.15, 0.2) is 5.78 Å². The summed E-state index contributed by atoms with van der Waals surface area (Å²) in [6.07, 6.45) is 8.26. The lowest BCUT2D eigenvalue weighted by atomic mass is 9.40. The van der Waals surface area contributed by atoms with Crippen LogP contribution in [0.25, 0.3) is 0 Å². The number of rotatable bonds is 5. The van der Waals surface area contributed by atoms with Gasteiger partial charge in [0, 0.05) is 23.8 Å². The number of ketones is 1. The number of fused-ring (bicyclic) bond motifs is 3. The Morgan fingerprint density at radius 1 is 1.13 bits per heavy atom. The maximum atomic E-state index is 13.7. The van der Waals surface area contributed by atoms with Gasteiger partial charge in [0.25, 0.3) is 0 Å². The zero-order valence-electron chi connectivity index (χ0n) is 19.3. The van der Waals surface area contributed by atoms with Gasteiger partial charge in [0.05, 0.1) is 5.41 Å². The molecular weight excluding hydrogens is 392 g/mol. The van der Waals surface area contributed by atoms with Gasteiger partial charge in [-0.1, -0.05) is 39.5 Å². The third-order valence-corrected chi connectivity index (χ3v) is 9.43. The van der Waals surface area contributed by atoms with Gasteiger partial charge in [0.1, 0.15) is 12.2 Å². The van der Waals surface area contributed by atoms with Crippen molar-refractivity contribution in [2.45, 2.75) is 84.2 Å². The maximum Gasteiger partial charge on any atom is 0.312 e. The van der Waals surface area contributed by atoms with Gasteiger partial charge in [-0.3, -0.25) is 14.4 Å². The van der Waals surface area contributed by atoms with Crippen LogP contribution in [0.2, 0.25) is 0 Å². The summed E-state index contributed by atoms with van der Waals surface area (Å²) in [5, 5.41) is 0. The third kappa shape index (κ3) is 2.91. The summed E-state index contributed by atoms with van der Waals surface area (Å²) < 4.78 is 11.4. The molecule has 4 rings (SSSR count). The van der Waals surface area contributed by atoms with Crippen molar-refractivity contribution in [2.24, 2.45) is 28.1 Å². The highest BCUT2D eigenvalue weighted by Crippen LogP contribution is 2.72. The number of ether oxygens (including phenoxy) is 2. The molecular formula is C26H36O5. The normalized spacial score (nSPS) is 43.6. The lowest BCUT2D eigenvalue weighted by Crippen LogP contribution is -2.60. The number of esters is 2. The van der Waals surface area contributed by atoms with E-state index in [9.17, 15) is 14.4 Å². The van der Waals surface area contributed by atoms with E-state index in [1.54, 1.807) is 13.0 Å². The van der Waals surface area contributed by atoms with Crippen LogP contribution in [-0.4, -0.2) is 29.9 Å². The number of hydrogen-bond donors (Lipinski definition) is 0. The highest BCUT2D eigenvalue weighted by atomic mass is 16.6. The van der Waals surface area contributed by atoms with Gasteiger partial charge in [-0.15, -0.1) is 0 Å². The van der Waals surface area contributed by atoms with Crippen LogP contribution in [0.5, 0.6) is 0 Å². The smallest absolute Gasteiger partial charge is 0.312 e. The van der Waals surface area contributed by atoms with Crippen molar-refractivity contribution in [1.82, 2.24) is 0 Å². The van der Waals surface area contributed by atoms with Gasteiger partial charge in [0.2, 0.25) is 0 Å². The first-order chi connectivity index (χ1) is 14.6. The van der Waals surface area contributed by atoms with Crippen LogP contribution in [0, 0.1) is 28.1 Å². The predicted octanol–water partition coefficient (Wildman–Crippen LogP) is 4.94. The topological polar surface area (TPSA) is 69.7 Å². The first-order valence-electron chi connectivity index (χ1n) is 11.8. The van der Waals surface area contributed by atoms with Crippen molar-refractivity contribution in [3.8, 4) is 0 Å². The third-order valence-electron chi connectivity index (χ3n) is 9.43. The average Bonchev–Trinajstić information content (AvgIpc) is 2.89. The Hall–Kier alpha value is -1.91. The Bertz CT molecular complexity index is 845. The molecule has 4 aliphatic carbocycles. The standard InChI is InChI=1S/C26H36O5/c1-6-15-30-22(29)24(5)12-8-11-23(4)18(24)9-13-25-16-26(14-10-19(23)25,17(3)21(25)28)31-20(27)7-2/h6,18-19H,1,3,7-16H2,2,4-5H3/t18-,19-,23+,24+,25+,26-/m0/s1. The quantitative estimate of drug-likeness (QED) is 0.352. The van der Waals surface area contributed by atoms with E-state index in [0.29, 0.717) is 24.8 Å². The molecule has 0 heterocycles. The summed E-state index contributed by atoms with van der Waals surface area (Å²) in [6, 6.07) is 0. The summed E-state index contributed by atoms with van der Waals surface area (Å²) >= 11 is 0. The molecule has 0 aromatic heterocycles. The summed E-state index contributed by atoms with van der Waals surface area (Å²) in [5.41, 5.74) is -1.52. The predicted molar refractivity (Wildman–Crippen MR) is 117 cm³/mol. The second kappa shape index (κ2) is 7.31. The first-order valence-corrected chi connectivity index (χ1v) is 11.8. The van der Waals surface area contributed by atoms with Crippen molar-refractivity contribution in [2.75, 3.05) is 6.61 Å². The van der Waals surface area contributed by atoms with E-state index in [1.807, 2.05) is 0 Å². The van der Waals surface area contributed by atoms with Crippen LogP contribution in [0.3, 0.4) is 0 Å². The molecule has 5 nitrogen and oxygen atoms in total. The Labute approximate surface area is 185 Å². The average molecular weight is 429 g/mol. The summed E-state index contributed by atoms with van der Waals surface area (Å²) in [4.78, 5) is 39.0. The fourth-order valence-corrected chi connectivity index (χ4v) is 8.08. The molecule has 5 heteroatoms. The molecule has 0 N–H and O–H groups in total. The van der Waals surface area contributed by atoms with Crippen LogP contribution in [-0.2, 0) is 23.9 Å². The van der Waals surface area contributed by atoms with E-state index in [0.717, 1.165) is 38.5 Å². The Morgan fingerprint density at radius 2 is 1.84 bits per heavy atom. The molecule has 4 aliphatic rings. The minimum Gasteiger partial charge on any atom is -0.461 e. The molecule has 0 amide bonds. The maximum absolute atomic E-state index is 13.7. The molecule has 1 spiro atoms. The molecule has 170 valence electrons. The van der Waals surface area contributed by atoms with E-state index in [1.165, 1.54) is 0 Å². The molecule has 0 radical (unpaired) electrons. The Kier molecular flexibility index (Phi) is 5.26. The summed E-state index contributed by atoms with van der Waals surface area (Å²) in [5.74, 6) is 0.0444. The minimum atomic E-state index is -0.829. The second-order valence-corrected chi connectivity index (χ2v) is 10.8. The summed E-state index contributed by atoms with van der Waals surface area (Å²) in [6.45, 7) is 14.2. The number of carbonyl (C=O) groups excluding carboxylic acids is 3. The molecule has 2 bridgehead atoms. The van der Waals surface area contributed by atoms with Crippen molar-refractivity contribution in [3.05, 3.63) is 24.8 Å². The van der Waals surface area contributed by atoms with Crippen LogP contribution in [0.4, 0.5) is 0 Å². The highest BCUT2D eigenvalue weighted by Gasteiger charge is 2.72. The lowest BCUT2D eigenvalue weighted by Gasteiger charge is -2.63. The van der Waals surface area contributed by atoms with E-state index >= 15 is 0 Å². The van der Waals surface area contributed by atoms with Gasteiger partial charge in [-0.2, -0.15) is 0 Å². The molecule has 4 fully saturated rings. The van der Waals surface area contributed by atoms with E-state index in [-0.39, 0.29) is 41.6 Å². The van der Waals surface area contributed by atoms with Crippen molar-refractivity contribution in [3.63, 3.8) is 0 Å². The molecule has 6 atom stereocenters. The van der Waals surface area contributed by atoms with Gasteiger partial charge < -0.3 is 9.47 Å². The van der Waals surface area contributed by atoms with Gasteiger partial charge >= 0.3 is 11.9 Å². The zero-order chi connectivity index (χ0) is 22.7. The lowest BCUT2D eigenvalue weighted by molar-refractivity contribution is -0.195.